The molecule has 2 heterocycles. The van der Waals surface area contributed by atoms with Gasteiger partial charge in [-0.25, -0.2) is 4.98 Å². The maximum absolute atomic E-state index is 5.75. The van der Waals surface area contributed by atoms with Gasteiger partial charge in [-0.15, -0.1) is 0 Å². The molecule has 6 heteroatoms. The van der Waals surface area contributed by atoms with Gasteiger partial charge in [-0.1, -0.05) is 12.1 Å². The minimum atomic E-state index is 0.272. The molecular weight excluding hydrogens is 252 g/mol. The molecule has 0 aliphatic carbocycles. The van der Waals surface area contributed by atoms with Crippen LogP contribution in [0.5, 0.6) is 0 Å². The van der Waals surface area contributed by atoms with E-state index in [-0.39, 0.29) is 5.95 Å². The van der Waals surface area contributed by atoms with Crippen LogP contribution < -0.4 is 11.1 Å². The molecule has 1 aromatic carbocycles. The number of rotatable bonds is 3. The van der Waals surface area contributed by atoms with Crippen molar-refractivity contribution in [3.63, 3.8) is 0 Å². The maximum Gasteiger partial charge on any atom is 0.222 e. The van der Waals surface area contributed by atoms with Crippen LogP contribution in [0.1, 0.15) is 11.3 Å². The summed E-state index contributed by atoms with van der Waals surface area (Å²) < 4.78 is 1.85. The summed E-state index contributed by atoms with van der Waals surface area (Å²) in [6.45, 7) is 2.69. The Bertz CT molecular complexity index is 761. The average molecular weight is 268 g/mol. The molecule has 0 saturated heterocycles. The summed E-state index contributed by atoms with van der Waals surface area (Å²) in [5, 5.41) is 8.50. The highest BCUT2D eigenvalue weighted by Crippen LogP contribution is 2.21. The molecule has 0 atom stereocenters. The lowest BCUT2D eigenvalue weighted by Crippen LogP contribution is -2.06. The zero-order valence-corrected chi connectivity index (χ0v) is 11.5. The summed E-state index contributed by atoms with van der Waals surface area (Å²) in [4.78, 5) is 8.50. The zero-order valence-electron chi connectivity index (χ0n) is 11.5. The molecule has 102 valence electrons. The molecule has 0 radical (unpaired) electrons. The zero-order chi connectivity index (χ0) is 14.1. The van der Waals surface area contributed by atoms with Crippen LogP contribution in [0, 0.1) is 6.92 Å². The summed E-state index contributed by atoms with van der Waals surface area (Å²) in [6.07, 6.45) is 1.86. The predicted octanol–water partition coefficient (Wildman–Crippen LogP) is 1.87. The van der Waals surface area contributed by atoms with E-state index in [1.165, 1.54) is 0 Å². The van der Waals surface area contributed by atoms with Crippen molar-refractivity contribution in [2.24, 2.45) is 7.05 Å². The highest BCUT2D eigenvalue weighted by Gasteiger charge is 2.07. The Kier molecular flexibility index (Phi) is 2.98. The second-order valence-corrected chi connectivity index (χ2v) is 4.68. The van der Waals surface area contributed by atoms with E-state index in [9.17, 15) is 0 Å². The summed E-state index contributed by atoms with van der Waals surface area (Å²) in [7, 11) is 1.93. The number of benzene rings is 1. The molecule has 0 saturated carbocycles. The summed E-state index contributed by atoms with van der Waals surface area (Å²) in [5.41, 5.74) is 8.85. The lowest BCUT2D eigenvalue weighted by molar-refractivity contribution is 0.738. The normalized spacial score (nSPS) is 10.9. The van der Waals surface area contributed by atoms with Gasteiger partial charge < -0.3 is 11.1 Å². The Morgan fingerprint density at radius 3 is 2.80 bits per heavy atom. The van der Waals surface area contributed by atoms with Crippen LogP contribution in [0.4, 0.5) is 11.8 Å². The molecule has 2 aromatic heterocycles. The van der Waals surface area contributed by atoms with E-state index in [1.54, 1.807) is 0 Å². The number of nitrogens with zero attached hydrogens (tertiary/aromatic N) is 4. The van der Waals surface area contributed by atoms with Crippen molar-refractivity contribution in [2.75, 3.05) is 11.1 Å². The molecule has 3 N–H and O–H groups in total. The van der Waals surface area contributed by atoms with Crippen molar-refractivity contribution >= 4 is 22.7 Å². The lowest BCUT2D eigenvalue weighted by atomic mass is 10.2. The van der Waals surface area contributed by atoms with Gasteiger partial charge in [0.1, 0.15) is 5.82 Å². The number of nitrogens with one attached hydrogen (secondary N) is 1. The first-order valence-electron chi connectivity index (χ1n) is 6.39. The molecule has 6 nitrogen and oxygen atoms in total. The predicted molar refractivity (Wildman–Crippen MR) is 79.2 cm³/mol. The van der Waals surface area contributed by atoms with Gasteiger partial charge in [0, 0.05) is 30.2 Å². The van der Waals surface area contributed by atoms with E-state index in [0.717, 1.165) is 28.0 Å². The van der Waals surface area contributed by atoms with E-state index in [2.05, 4.69) is 20.4 Å². The number of nitrogens with two attached hydrogens (primary N) is 1. The number of hydrogen-bond donors (Lipinski definition) is 2. The number of para-hydroxylation sites is 1. The van der Waals surface area contributed by atoms with Crippen molar-refractivity contribution in [1.29, 1.82) is 0 Å². The molecular formula is C14H16N6. The number of aryl methyl sites for hydroxylation is 1. The van der Waals surface area contributed by atoms with Crippen LogP contribution in [0.15, 0.2) is 30.5 Å². The molecule has 0 amide bonds. The smallest absolute Gasteiger partial charge is 0.222 e. The highest BCUT2D eigenvalue weighted by molar-refractivity contribution is 5.89. The molecule has 20 heavy (non-hydrogen) atoms. The summed E-state index contributed by atoms with van der Waals surface area (Å²) in [5.74, 6) is 1.02. The van der Waals surface area contributed by atoms with Gasteiger partial charge in [0.05, 0.1) is 11.7 Å². The van der Waals surface area contributed by atoms with Gasteiger partial charge in [-0.3, -0.25) is 4.68 Å². The van der Waals surface area contributed by atoms with E-state index >= 15 is 0 Å². The van der Waals surface area contributed by atoms with Crippen LogP contribution in [0.3, 0.4) is 0 Å². The second-order valence-electron chi connectivity index (χ2n) is 4.68. The standard InChI is InChI=1S/C14H16N6/c1-9-10(8-17-20(9)2)7-16-13-11-5-3-4-6-12(11)18-14(15)19-13/h3-6,8H,7H2,1-2H3,(H3,15,16,18,19). The Hall–Kier alpha value is -2.63. The molecule has 3 rings (SSSR count). The summed E-state index contributed by atoms with van der Waals surface area (Å²) in [6, 6.07) is 7.80. The Morgan fingerprint density at radius 1 is 1.25 bits per heavy atom. The average Bonchev–Trinajstić information content (AvgIpc) is 2.76. The van der Waals surface area contributed by atoms with Gasteiger partial charge in [-0.2, -0.15) is 10.1 Å². The first-order valence-corrected chi connectivity index (χ1v) is 6.39. The number of fused-ring (bicyclic) bond motifs is 1. The third-order valence-corrected chi connectivity index (χ3v) is 3.40. The third-order valence-electron chi connectivity index (χ3n) is 3.40. The van der Waals surface area contributed by atoms with Crippen molar-refractivity contribution in [3.8, 4) is 0 Å². The molecule has 0 aliphatic rings. The third kappa shape index (κ3) is 2.16. The van der Waals surface area contributed by atoms with Crippen molar-refractivity contribution in [3.05, 3.63) is 41.7 Å². The molecule has 0 unspecified atom stereocenters. The van der Waals surface area contributed by atoms with Gasteiger partial charge in [0.15, 0.2) is 0 Å². The van der Waals surface area contributed by atoms with Crippen LogP contribution >= 0.6 is 0 Å². The van der Waals surface area contributed by atoms with Crippen LogP contribution in [-0.4, -0.2) is 19.7 Å². The van der Waals surface area contributed by atoms with Crippen molar-refractivity contribution < 1.29 is 0 Å². The number of aromatic nitrogens is 4. The molecule has 0 aliphatic heterocycles. The van der Waals surface area contributed by atoms with Gasteiger partial charge in [0.25, 0.3) is 0 Å². The first-order chi connectivity index (χ1) is 9.65. The molecule has 0 bridgehead atoms. The fourth-order valence-electron chi connectivity index (χ4n) is 2.13. The van der Waals surface area contributed by atoms with Crippen LogP contribution in [0.25, 0.3) is 10.9 Å². The van der Waals surface area contributed by atoms with E-state index < -0.39 is 0 Å². The monoisotopic (exact) mass is 268 g/mol. The number of hydrogen-bond acceptors (Lipinski definition) is 5. The Balaban J connectivity index is 1.93. The van der Waals surface area contributed by atoms with Crippen LogP contribution in [-0.2, 0) is 13.6 Å². The molecule has 3 aromatic rings. The van der Waals surface area contributed by atoms with Crippen molar-refractivity contribution in [2.45, 2.75) is 13.5 Å². The number of nitrogen functional groups attached to an aromatic ring is 1. The van der Waals surface area contributed by atoms with Crippen molar-refractivity contribution in [1.82, 2.24) is 19.7 Å². The lowest BCUT2D eigenvalue weighted by Gasteiger charge is -2.09. The Morgan fingerprint density at radius 2 is 2.05 bits per heavy atom. The maximum atomic E-state index is 5.75. The van der Waals surface area contributed by atoms with E-state index in [1.807, 2.05) is 49.1 Å². The number of anilines is 2. The fraction of sp³-hybridized carbons (Fsp3) is 0.214. The minimum Gasteiger partial charge on any atom is -0.368 e. The van der Waals surface area contributed by atoms with Gasteiger partial charge in [-0.05, 0) is 19.1 Å². The summed E-state index contributed by atoms with van der Waals surface area (Å²) >= 11 is 0. The van der Waals surface area contributed by atoms with E-state index in [4.69, 9.17) is 5.73 Å². The van der Waals surface area contributed by atoms with E-state index in [0.29, 0.717) is 6.54 Å². The molecule has 0 spiro atoms. The SMILES string of the molecule is Cc1c(CNc2nc(N)nc3ccccc23)cnn1C. The van der Waals surface area contributed by atoms with Crippen LogP contribution in [0.2, 0.25) is 0 Å². The second kappa shape index (κ2) is 4.80. The fourth-order valence-corrected chi connectivity index (χ4v) is 2.13. The minimum absolute atomic E-state index is 0.272. The van der Waals surface area contributed by atoms with Gasteiger partial charge in [0.2, 0.25) is 5.95 Å². The molecule has 0 fully saturated rings. The quantitative estimate of drug-likeness (QED) is 0.757. The topological polar surface area (TPSA) is 81.7 Å². The van der Waals surface area contributed by atoms with Gasteiger partial charge >= 0.3 is 0 Å². The Labute approximate surface area is 116 Å². The highest BCUT2D eigenvalue weighted by atomic mass is 15.3. The first kappa shape index (κ1) is 12.4. The largest absolute Gasteiger partial charge is 0.368 e.